The van der Waals surface area contributed by atoms with Gasteiger partial charge in [0.05, 0.1) is 44.1 Å². The molecule has 6 rings (SSSR count). The summed E-state index contributed by atoms with van der Waals surface area (Å²) in [6, 6.07) is 7.12. The number of benzene rings is 2. The van der Waals surface area contributed by atoms with Gasteiger partial charge in [0.1, 0.15) is 27.8 Å². The first-order valence-electron chi connectivity index (χ1n) is 25.6. The summed E-state index contributed by atoms with van der Waals surface area (Å²) >= 11 is 11.9. The molecular weight excluding hydrogens is 1400 g/mol. The SMILES string of the molecule is CCOC(=O)C(Cl)Cc1cc(-n2nc(C)n(C(F)F)c2=O)c(F)cc1Cl.COc1cc(OC)nc(NC(=O)NS(=O)(=O)c2ncccc2C(=O)N(C)C)n1.CP(=O)(O)CCC(N)C(=O)O.O=C(Nc1nc(OC(F)F)cc(OC(F)F)n1)NS(=O)(=O)c1ccccc1C(=O)O. The number of anilines is 2. The lowest BCUT2D eigenvalue weighted by molar-refractivity contribution is -0.142. The highest BCUT2D eigenvalue weighted by Crippen LogP contribution is 2.36. The number of carboxylic acids is 2. The molecule has 9 N–H and O–H groups in total. The molecule has 46 heteroatoms. The summed E-state index contributed by atoms with van der Waals surface area (Å²) in [5.41, 5.74) is 2.89. The molecule has 0 saturated carbocycles. The van der Waals surface area contributed by atoms with Crippen molar-refractivity contribution in [3.05, 3.63) is 111 Å². The number of aliphatic carboxylic acids is 1. The highest BCUT2D eigenvalue weighted by Gasteiger charge is 2.29. The van der Waals surface area contributed by atoms with E-state index in [0.717, 1.165) is 24.3 Å². The monoisotopic (exact) mass is 1460 g/mol. The quantitative estimate of drug-likeness (QED) is 0.0172. The molecule has 0 aliphatic rings. The molecule has 0 aliphatic carbocycles. The molecule has 3 unspecified atom stereocenters. The minimum atomic E-state index is -4.71. The number of alkyl halides is 7. The van der Waals surface area contributed by atoms with Gasteiger partial charge in [-0.2, -0.15) is 59.4 Å². The number of nitrogens with one attached hydrogen (secondary N) is 4. The van der Waals surface area contributed by atoms with Gasteiger partial charge in [-0.05, 0) is 62.2 Å². The number of hydrogen-bond donors (Lipinski definition) is 8. The lowest BCUT2D eigenvalue weighted by Gasteiger charge is -2.14. The van der Waals surface area contributed by atoms with Gasteiger partial charge in [0.25, 0.3) is 26.0 Å². The van der Waals surface area contributed by atoms with Crippen LogP contribution >= 0.6 is 30.6 Å². The fourth-order valence-electron chi connectivity index (χ4n) is 6.69. The van der Waals surface area contributed by atoms with Crippen molar-refractivity contribution in [2.45, 2.75) is 67.8 Å². The Labute approximate surface area is 541 Å². The number of methoxy groups -OCH3 is 2. The molecule has 2 aromatic carbocycles. The van der Waals surface area contributed by atoms with Gasteiger partial charge in [-0.15, -0.1) is 16.7 Å². The molecule has 0 radical (unpaired) electrons. The van der Waals surface area contributed by atoms with Gasteiger partial charge in [-0.1, -0.05) is 23.7 Å². The first-order chi connectivity index (χ1) is 44.1. The molecule has 4 heterocycles. The Morgan fingerprint density at radius 2 is 1.29 bits per heavy atom. The van der Waals surface area contributed by atoms with Crippen molar-refractivity contribution in [1.29, 1.82) is 0 Å². The zero-order chi connectivity index (χ0) is 72.0. The van der Waals surface area contributed by atoms with Crippen LogP contribution in [-0.4, -0.2) is 184 Å². The number of pyridine rings is 1. The molecule has 0 saturated heterocycles. The zero-order valence-electron chi connectivity index (χ0n) is 49.6. The number of urea groups is 2. The number of aromatic carboxylic acids is 1. The van der Waals surface area contributed by atoms with E-state index in [1.54, 1.807) is 17.0 Å². The number of hydrogen-bond acceptors (Lipinski definition) is 24. The summed E-state index contributed by atoms with van der Waals surface area (Å²) in [5.74, 6) is -8.18. The number of rotatable bonds is 24. The maximum absolute atomic E-state index is 14.2. The van der Waals surface area contributed by atoms with Gasteiger partial charge in [0, 0.05) is 44.6 Å². The Morgan fingerprint density at radius 1 is 0.789 bits per heavy atom. The minimum absolute atomic E-state index is 0.0412. The topological polar surface area (TPSA) is 476 Å². The van der Waals surface area contributed by atoms with Crippen LogP contribution in [-0.2, 0) is 45.4 Å². The van der Waals surface area contributed by atoms with Crippen molar-refractivity contribution in [2.75, 3.05) is 58.4 Å². The van der Waals surface area contributed by atoms with Crippen molar-refractivity contribution < 1.29 is 120 Å². The van der Waals surface area contributed by atoms with Crippen LogP contribution in [0.1, 0.15) is 52.0 Å². The van der Waals surface area contributed by atoms with Gasteiger partial charge in [-0.25, -0.2) is 51.0 Å². The third-order valence-electron chi connectivity index (χ3n) is 10.8. The number of carbonyl (C=O) groups excluding carboxylic acids is 4. The van der Waals surface area contributed by atoms with Gasteiger partial charge in [-0.3, -0.25) is 29.6 Å². The first kappa shape index (κ1) is 79.7. The molecular formula is C49H54Cl2F7N14O20PS2. The largest absolute Gasteiger partial charge is 0.481 e. The van der Waals surface area contributed by atoms with Crippen LogP contribution in [0.2, 0.25) is 5.02 Å². The molecule has 0 bridgehead atoms. The number of carbonyl (C=O) groups is 6. The van der Waals surface area contributed by atoms with Crippen molar-refractivity contribution in [1.82, 2.24) is 53.6 Å². The van der Waals surface area contributed by atoms with E-state index in [0.29, 0.717) is 10.7 Å². The van der Waals surface area contributed by atoms with Crippen LogP contribution in [0, 0.1) is 12.7 Å². The molecule has 5 amide bonds. The van der Waals surface area contributed by atoms with Crippen molar-refractivity contribution in [3.63, 3.8) is 0 Å². The average Bonchev–Trinajstić information content (AvgIpc) is 1.76. The van der Waals surface area contributed by atoms with Crippen LogP contribution in [0.4, 0.5) is 52.2 Å². The molecule has 0 aliphatic heterocycles. The molecule has 0 fully saturated rings. The van der Waals surface area contributed by atoms with Crippen LogP contribution < -0.4 is 50.4 Å². The Kier molecular flexibility index (Phi) is 29.9. The molecule has 3 atom stereocenters. The van der Waals surface area contributed by atoms with E-state index in [9.17, 15) is 85.7 Å². The van der Waals surface area contributed by atoms with Gasteiger partial charge >= 0.3 is 55.4 Å². The molecule has 0 spiro atoms. The maximum Gasteiger partial charge on any atom is 0.388 e. The summed E-state index contributed by atoms with van der Waals surface area (Å²) in [7, 11) is -6.67. The zero-order valence-corrected chi connectivity index (χ0v) is 53.7. The second-order valence-corrected chi connectivity index (χ2v) is 24.8. The second kappa shape index (κ2) is 35.6. The number of nitrogens with zero attached hydrogens (tertiary/aromatic N) is 9. The number of ether oxygens (including phenoxy) is 5. The predicted octanol–water partition coefficient (Wildman–Crippen LogP) is 4.92. The van der Waals surface area contributed by atoms with Crippen LogP contribution in [0.15, 0.2) is 81.6 Å². The van der Waals surface area contributed by atoms with Crippen LogP contribution in [0.5, 0.6) is 23.5 Å². The average molecular weight is 1460 g/mol. The fraction of sp³-hybridized carbons (Fsp3) is 0.327. The Balaban J connectivity index is 0.000000344. The molecule has 520 valence electrons. The van der Waals surface area contributed by atoms with Crippen LogP contribution in [0.25, 0.3) is 5.69 Å². The van der Waals surface area contributed by atoms with E-state index in [4.69, 9.17) is 58.3 Å². The standard InChI is InChI=1S/C15H14Cl2F3N3O3.C15H18N6O6S.C14H10F4N4O7S.C5H12NO4P/c1-3-26-13(24)10(17)4-8-5-12(11(18)6-9(8)16)23-15(25)22(14(19)20)7(2)21-23;1-21(2)13(22)9-6-5-7-16-12(9)28(24,25)20-15(23)19-14-17-10(26-3)8-11(18-14)27-4;15-11(16)28-8-5-9(29-12(17)18)20-13(19-8)21-14(25)22-30(26,27)7-4-2-1-3-6(7)10(23)24;1-11(9,10)3-2-4(6)5(7)8/h5-6,10,14H,3-4H2,1-2H3;5-8H,1-4H3,(H2,17,18,19,20,23);1-5,11-12H,(H,23,24)(H2,19,20,21,22,25);4H,2-3,6H2,1H3,(H,7,8)(H,9,10). The van der Waals surface area contributed by atoms with E-state index < -0.39 is 139 Å². The van der Waals surface area contributed by atoms with Gasteiger partial charge in [0.15, 0.2) is 18.2 Å². The third-order valence-corrected chi connectivity index (χ3v) is 15.3. The molecule has 4 aromatic heterocycles. The van der Waals surface area contributed by atoms with Crippen LogP contribution in [0.3, 0.4) is 0 Å². The normalized spacial score (nSPS) is 12.3. The van der Waals surface area contributed by atoms with E-state index in [1.165, 1.54) is 88.1 Å². The van der Waals surface area contributed by atoms with E-state index >= 15 is 0 Å². The summed E-state index contributed by atoms with van der Waals surface area (Å²) < 4.78 is 176. The van der Waals surface area contributed by atoms with E-state index in [-0.39, 0.29) is 75.5 Å². The first-order valence-corrected chi connectivity index (χ1v) is 31.7. The lowest BCUT2D eigenvalue weighted by atomic mass is 10.1. The van der Waals surface area contributed by atoms with Crippen molar-refractivity contribution in [2.24, 2.45) is 5.73 Å². The number of esters is 1. The Bertz CT molecular complexity index is 4040. The van der Waals surface area contributed by atoms with E-state index in [2.05, 4.69) is 44.8 Å². The summed E-state index contributed by atoms with van der Waals surface area (Å²) in [4.78, 5) is 108. The van der Waals surface area contributed by atoms with E-state index in [1.807, 2.05) is 0 Å². The van der Waals surface area contributed by atoms with Crippen molar-refractivity contribution >= 4 is 98.4 Å². The summed E-state index contributed by atoms with van der Waals surface area (Å²) in [5, 5.41) is 23.1. The van der Waals surface area contributed by atoms with Crippen molar-refractivity contribution in [3.8, 4) is 29.2 Å². The number of carboxylic acid groups (broad SMARTS) is 2. The molecule has 95 heavy (non-hydrogen) atoms. The number of nitrogens with two attached hydrogens (primary N) is 1. The second-order valence-electron chi connectivity index (χ2n) is 18.1. The fourth-order valence-corrected chi connectivity index (χ4v) is 10.0. The Morgan fingerprint density at radius 3 is 1.76 bits per heavy atom. The lowest BCUT2D eigenvalue weighted by Crippen LogP contribution is -2.36. The Hall–Kier alpha value is -9.55. The summed E-state index contributed by atoms with van der Waals surface area (Å²) in [6.07, 6.45) is 1.07. The number of aromatic nitrogens is 8. The number of halogens is 9. The highest BCUT2D eigenvalue weighted by molar-refractivity contribution is 7.90. The molecule has 6 aromatic rings. The number of amides is 5. The molecule has 34 nitrogen and oxygen atoms in total. The third kappa shape index (κ3) is 25.0. The minimum Gasteiger partial charge on any atom is -0.481 e. The smallest absolute Gasteiger partial charge is 0.388 e. The van der Waals surface area contributed by atoms with Gasteiger partial charge in [0.2, 0.25) is 35.4 Å². The summed E-state index contributed by atoms with van der Waals surface area (Å²) in [6.45, 7) is -5.83. The van der Waals surface area contributed by atoms with Gasteiger partial charge < -0.3 is 49.4 Å². The maximum atomic E-state index is 14.2. The predicted molar refractivity (Wildman–Crippen MR) is 314 cm³/mol. The highest BCUT2D eigenvalue weighted by atomic mass is 35.5. The number of sulfonamides is 2. The number of aryl methyl sites for hydroxylation is 1.